The second kappa shape index (κ2) is 6.02. The number of rotatable bonds is 3. The quantitative estimate of drug-likeness (QED) is 0.703. The van der Waals surface area contributed by atoms with Crippen molar-refractivity contribution in [3.8, 4) is 0 Å². The van der Waals surface area contributed by atoms with Gasteiger partial charge in [0.1, 0.15) is 5.58 Å². The van der Waals surface area contributed by atoms with E-state index in [0.29, 0.717) is 16.7 Å². The Morgan fingerprint density at radius 2 is 1.88 bits per heavy atom. The molecule has 0 amide bonds. The molecule has 0 saturated carbocycles. The lowest BCUT2D eigenvalue weighted by atomic mass is 10.0. The third-order valence-electron chi connectivity index (χ3n) is 4.25. The van der Waals surface area contributed by atoms with Crippen LogP contribution in [-0.4, -0.2) is 15.0 Å². The molecule has 2 heterocycles. The van der Waals surface area contributed by atoms with E-state index in [1.165, 1.54) is 29.8 Å². The van der Waals surface area contributed by atoms with Gasteiger partial charge in [0.05, 0.1) is 4.90 Å². The smallest absolute Gasteiger partial charge is 0.336 e. The maximum Gasteiger partial charge on any atom is 0.336 e. The normalized spacial score (nSPS) is 14.2. The first kappa shape index (κ1) is 15.9. The summed E-state index contributed by atoms with van der Waals surface area (Å²) in [4.78, 5) is 11.3. The van der Waals surface area contributed by atoms with E-state index in [2.05, 4.69) is 10.0 Å². The average Bonchev–Trinajstić information content (AvgIpc) is 2.60. The summed E-state index contributed by atoms with van der Waals surface area (Å²) in [5.41, 5.74) is 2.76. The first-order chi connectivity index (χ1) is 12.0. The van der Waals surface area contributed by atoms with Crippen molar-refractivity contribution >= 4 is 26.7 Å². The van der Waals surface area contributed by atoms with Gasteiger partial charge in [0.25, 0.3) is 10.0 Å². The number of sulfonamides is 1. The van der Waals surface area contributed by atoms with Gasteiger partial charge in [0.2, 0.25) is 0 Å². The van der Waals surface area contributed by atoms with E-state index in [9.17, 15) is 13.2 Å². The standard InChI is InChI=1S/C18H16N2O4S/c21-18-6-2-13-10-16(4-5-17(13)24-18)25(22,23)20-15-3-1-12-7-8-19-11-14(12)9-15/h1-6,9-10,19-20H,7-8,11H2. The molecule has 1 aliphatic heterocycles. The van der Waals surface area contributed by atoms with Crippen LogP contribution in [-0.2, 0) is 23.0 Å². The molecule has 6 nitrogen and oxygen atoms in total. The van der Waals surface area contributed by atoms with Gasteiger partial charge in [-0.3, -0.25) is 4.72 Å². The predicted molar refractivity (Wildman–Crippen MR) is 95.1 cm³/mol. The highest BCUT2D eigenvalue weighted by Crippen LogP contribution is 2.23. The monoisotopic (exact) mass is 356 g/mol. The van der Waals surface area contributed by atoms with Gasteiger partial charge in [0.15, 0.2) is 0 Å². The van der Waals surface area contributed by atoms with Crippen molar-refractivity contribution in [2.24, 2.45) is 0 Å². The van der Waals surface area contributed by atoms with Gasteiger partial charge in [-0.2, -0.15) is 0 Å². The van der Waals surface area contributed by atoms with Crippen LogP contribution in [0.5, 0.6) is 0 Å². The van der Waals surface area contributed by atoms with Crippen molar-refractivity contribution in [3.63, 3.8) is 0 Å². The van der Waals surface area contributed by atoms with Gasteiger partial charge in [-0.25, -0.2) is 13.2 Å². The number of anilines is 1. The SMILES string of the molecule is O=c1ccc2cc(S(=O)(=O)Nc3ccc4c(c3)CNCC4)ccc2o1. The van der Waals surface area contributed by atoms with Crippen LogP contribution in [0.15, 0.2) is 62.6 Å². The topological polar surface area (TPSA) is 88.4 Å². The average molecular weight is 356 g/mol. The number of nitrogens with one attached hydrogen (secondary N) is 2. The van der Waals surface area contributed by atoms with E-state index in [-0.39, 0.29) is 4.90 Å². The Morgan fingerprint density at radius 1 is 1.00 bits per heavy atom. The Labute approximate surface area is 144 Å². The third-order valence-corrected chi connectivity index (χ3v) is 5.63. The second-order valence-electron chi connectivity index (χ2n) is 5.97. The van der Waals surface area contributed by atoms with Crippen LogP contribution < -0.4 is 15.7 Å². The number of hydrogen-bond acceptors (Lipinski definition) is 5. The largest absolute Gasteiger partial charge is 0.423 e. The van der Waals surface area contributed by atoms with E-state index >= 15 is 0 Å². The molecule has 0 aliphatic carbocycles. The van der Waals surface area contributed by atoms with E-state index in [1.54, 1.807) is 12.1 Å². The van der Waals surface area contributed by atoms with Crippen molar-refractivity contribution in [1.29, 1.82) is 0 Å². The zero-order valence-corrected chi connectivity index (χ0v) is 14.1. The molecule has 0 fully saturated rings. The zero-order chi connectivity index (χ0) is 17.4. The van der Waals surface area contributed by atoms with Crippen LogP contribution in [0.4, 0.5) is 5.69 Å². The molecule has 0 atom stereocenters. The molecule has 7 heteroatoms. The van der Waals surface area contributed by atoms with Crippen LogP contribution in [0, 0.1) is 0 Å². The first-order valence-corrected chi connectivity index (χ1v) is 9.39. The summed E-state index contributed by atoms with van der Waals surface area (Å²) in [7, 11) is -3.73. The number of fused-ring (bicyclic) bond motifs is 2. The summed E-state index contributed by atoms with van der Waals surface area (Å²) in [5.74, 6) is 0. The summed E-state index contributed by atoms with van der Waals surface area (Å²) in [6, 6.07) is 12.8. The Hall–Kier alpha value is -2.64. The summed E-state index contributed by atoms with van der Waals surface area (Å²) < 4.78 is 33.0. The van der Waals surface area contributed by atoms with Crippen molar-refractivity contribution in [2.45, 2.75) is 17.9 Å². The third kappa shape index (κ3) is 3.16. The van der Waals surface area contributed by atoms with E-state index in [1.807, 2.05) is 12.1 Å². The Balaban J connectivity index is 1.67. The molecule has 0 unspecified atom stereocenters. The van der Waals surface area contributed by atoms with Crippen LogP contribution in [0.1, 0.15) is 11.1 Å². The van der Waals surface area contributed by atoms with Gasteiger partial charge >= 0.3 is 5.63 Å². The summed E-state index contributed by atoms with van der Waals surface area (Å²) in [5, 5.41) is 3.83. The van der Waals surface area contributed by atoms with Crippen molar-refractivity contribution < 1.29 is 12.8 Å². The Kier molecular flexibility index (Phi) is 3.82. The minimum atomic E-state index is -3.73. The van der Waals surface area contributed by atoms with Crippen LogP contribution >= 0.6 is 0 Å². The Bertz CT molecular complexity index is 1120. The Morgan fingerprint density at radius 3 is 2.76 bits per heavy atom. The molecule has 0 spiro atoms. The van der Waals surface area contributed by atoms with Crippen LogP contribution in [0.2, 0.25) is 0 Å². The first-order valence-electron chi connectivity index (χ1n) is 7.90. The molecule has 2 N–H and O–H groups in total. The highest BCUT2D eigenvalue weighted by Gasteiger charge is 2.17. The molecule has 0 bridgehead atoms. The van der Waals surface area contributed by atoms with Gasteiger partial charge in [-0.15, -0.1) is 0 Å². The minimum Gasteiger partial charge on any atom is -0.423 e. The van der Waals surface area contributed by atoms with Crippen molar-refractivity contribution in [1.82, 2.24) is 5.32 Å². The van der Waals surface area contributed by atoms with Gasteiger partial charge in [-0.1, -0.05) is 6.07 Å². The van der Waals surface area contributed by atoms with Crippen LogP contribution in [0.3, 0.4) is 0 Å². The molecule has 4 rings (SSSR count). The maximum absolute atomic E-state index is 12.7. The van der Waals surface area contributed by atoms with Crippen LogP contribution in [0.25, 0.3) is 11.0 Å². The number of hydrogen-bond donors (Lipinski definition) is 2. The lowest BCUT2D eigenvalue weighted by Crippen LogP contribution is -2.23. The molecule has 0 radical (unpaired) electrons. The molecule has 3 aromatic rings. The second-order valence-corrected chi connectivity index (χ2v) is 7.65. The minimum absolute atomic E-state index is 0.115. The molecule has 0 saturated heterocycles. The van der Waals surface area contributed by atoms with Crippen molar-refractivity contribution in [3.05, 3.63) is 70.1 Å². The highest BCUT2D eigenvalue weighted by molar-refractivity contribution is 7.92. The molecule has 25 heavy (non-hydrogen) atoms. The van der Waals surface area contributed by atoms with E-state index in [0.717, 1.165) is 25.1 Å². The zero-order valence-electron chi connectivity index (χ0n) is 13.3. The highest BCUT2D eigenvalue weighted by atomic mass is 32.2. The fourth-order valence-electron chi connectivity index (χ4n) is 2.98. The van der Waals surface area contributed by atoms with E-state index < -0.39 is 15.6 Å². The van der Waals surface area contributed by atoms with Gasteiger partial charge < -0.3 is 9.73 Å². The number of benzene rings is 2. The fourth-order valence-corrected chi connectivity index (χ4v) is 4.06. The fraction of sp³-hybridized carbons (Fsp3) is 0.167. The predicted octanol–water partition coefficient (Wildman–Crippen LogP) is 2.24. The lowest BCUT2D eigenvalue weighted by molar-refractivity contribution is 0.560. The molecule has 1 aromatic heterocycles. The molecular weight excluding hydrogens is 340 g/mol. The summed E-state index contributed by atoms with van der Waals surface area (Å²) >= 11 is 0. The maximum atomic E-state index is 12.7. The summed E-state index contributed by atoms with van der Waals surface area (Å²) in [6.07, 6.45) is 0.943. The molecule has 1 aliphatic rings. The molecule has 128 valence electrons. The van der Waals surface area contributed by atoms with E-state index in [4.69, 9.17) is 4.42 Å². The lowest BCUT2D eigenvalue weighted by Gasteiger charge is -2.18. The molecule has 2 aromatic carbocycles. The van der Waals surface area contributed by atoms with Gasteiger partial charge in [-0.05, 0) is 60.5 Å². The van der Waals surface area contributed by atoms with Gasteiger partial charge in [0, 0.05) is 23.7 Å². The molecular formula is C18H16N2O4S. The summed E-state index contributed by atoms with van der Waals surface area (Å²) in [6.45, 7) is 1.67. The van der Waals surface area contributed by atoms with Crippen molar-refractivity contribution in [2.75, 3.05) is 11.3 Å².